The number of sulfone groups is 1. The predicted octanol–water partition coefficient (Wildman–Crippen LogP) is 7.46. The third-order valence-electron chi connectivity index (χ3n) is 9.64. The topological polar surface area (TPSA) is 248 Å². The second-order valence-corrected chi connectivity index (χ2v) is 20.5. The molecule has 18 nitrogen and oxygen atoms in total. The number of phosphoric ester groups is 2. The molecule has 6 aromatic carbocycles. The first-order chi connectivity index (χ1) is 29.0. The summed E-state index contributed by atoms with van der Waals surface area (Å²) in [6.07, 6.45) is -1.65. The number of hydrogen-bond acceptors (Lipinski definition) is 14. The number of anilines is 2. The van der Waals surface area contributed by atoms with Gasteiger partial charge in [0, 0.05) is 23.7 Å². The van der Waals surface area contributed by atoms with E-state index in [9.17, 15) is 41.6 Å². The predicted molar refractivity (Wildman–Crippen MR) is 223 cm³/mol. The van der Waals surface area contributed by atoms with Crippen LogP contribution in [0.5, 0.6) is 5.75 Å². The fraction of sp³-hybridized carbons (Fsp3) is 0.179. The zero-order valence-corrected chi connectivity index (χ0v) is 35.1. The molecule has 8 rings (SSSR count). The zero-order chi connectivity index (χ0) is 43.0. The molecule has 3 unspecified atom stereocenters. The number of aromatic nitrogens is 2. The van der Waals surface area contributed by atoms with Crippen LogP contribution in [0.25, 0.3) is 32.3 Å². The maximum absolute atomic E-state index is 13.5. The highest BCUT2D eigenvalue weighted by Crippen LogP contribution is 2.67. The third kappa shape index (κ3) is 9.95. The second kappa shape index (κ2) is 17.1. The van der Waals surface area contributed by atoms with Crippen molar-refractivity contribution in [2.24, 2.45) is 0 Å². The van der Waals surface area contributed by atoms with Crippen molar-refractivity contribution >= 4 is 77.1 Å². The lowest BCUT2D eigenvalue weighted by molar-refractivity contribution is -0.0412. The number of para-hydroxylation sites is 2. The van der Waals surface area contributed by atoms with Crippen LogP contribution in [-0.2, 0) is 45.9 Å². The lowest BCUT2D eigenvalue weighted by Gasteiger charge is -2.22. The minimum atomic E-state index is -5.93. The number of ether oxygens (including phenoxy) is 2. The van der Waals surface area contributed by atoms with Gasteiger partial charge < -0.3 is 29.5 Å². The highest BCUT2D eigenvalue weighted by molar-refractivity contribution is 7.91. The van der Waals surface area contributed by atoms with Gasteiger partial charge >= 0.3 is 29.2 Å². The van der Waals surface area contributed by atoms with E-state index in [0.29, 0.717) is 16.8 Å². The average molecular weight is 912 g/mol. The van der Waals surface area contributed by atoms with Crippen LogP contribution in [0, 0.1) is 0 Å². The molecule has 0 aliphatic carbocycles. The zero-order valence-electron chi connectivity index (χ0n) is 31.6. The van der Waals surface area contributed by atoms with Crippen molar-refractivity contribution in [3.8, 4) is 5.75 Å². The summed E-state index contributed by atoms with van der Waals surface area (Å²) in [6, 6.07) is 35.0. The monoisotopic (exact) mass is 911 g/mol. The summed E-state index contributed by atoms with van der Waals surface area (Å²) in [6.45, 7) is -1.80. The van der Waals surface area contributed by atoms with E-state index in [0.717, 1.165) is 26.9 Å². The lowest BCUT2D eigenvalue weighted by Crippen LogP contribution is -2.31. The molecule has 318 valence electrons. The Hall–Kier alpha value is -4.84. The van der Waals surface area contributed by atoms with E-state index in [1.807, 2.05) is 48.5 Å². The number of benzene rings is 6. The van der Waals surface area contributed by atoms with Gasteiger partial charge in [0.05, 0.1) is 23.9 Å². The van der Waals surface area contributed by atoms with Crippen LogP contribution in [0.2, 0.25) is 0 Å². The van der Waals surface area contributed by atoms with E-state index in [2.05, 4.69) is 23.4 Å². The van der Waals surface area contributed by atoms with E-state index in [-0.39, 0.29) is 17.1 Å². The molecule has 0 amide bonds. The minimum absolute atomic E-state index is 0.0195. The number of hydrogen-bond donors (Lipinski definition) is 4. The summed E-state index contributed by atoms with van der Waals surface area (Å²) in [7, 11) is -21.3. The normalized spacial score (nSPS) is 20.0. The molecule has 0 radical (unpaired) electrons. The van der Waals surface area contributed by atoms with Crippen molar-refractivity contribution in [1.29, 1.82) is 0 Å². The van der Waals surface area contributed by atoms with Crippen molar-refractivity contribution < 1.29 is 63.9 Å². The maximum atomic E-state index is 13.5. The molecule has 0 bridgehead atoms. The first-order valence-electron chi connectivity index (χ1n) is 18.4. The summed E-state index contributed by atoms with van der Waals surface area (Å²) in [5.41, 5.74) is 0.00386. The molecule has 1 saturated heterocycles. The number of phosphoric acid groups is 3. The lowest BCUT2D eigenvalue weighted by atomic mass is 9.94. The highest BCUT2D eigenvalue weighted by atomic mass is 32.2. The van der Waals surface area contributed by atoms with Gasteiger partial charge in [-0.15, -0.1) is 0 Å². The van der Waals surface area contributed by atoms with Crippen LogP contribution in [0.4, 0.5) is 11.5 Å². The van der Waals surface area contributed by atoms with Crippen molar-refractivity contribution in [2.75, 3.05) is 24.3 Å². The summed E-state index contributed by atoms with van der Waals surface area (Å²) >= 11 is 0. The molecule has 2 heterocycles. The molecule has 1 aromatic heterocycles. The highest BCUT2D eigenvalue weighted by Gasteiger charge is 2.45. The molecule has 1 fully saturated rings. The smallest absolute Gasteiger partial charge is 0.487 e. The van der Waals surface area contributed by atoms with E-state index in [1.165, 1.54) is 16.8 Å². The van der Waals surface area contributed by atoms with Crippen molar-refractivity contribution in [3.05, 3.63) is 138 Å². The van der Waals surface area contributed by atoms with Crippen LogP contribution >= 0.6 is 23.5 Å². The van der Waals surface area contributed by atoms with Crippen LogP contribution in [0.15, 0.2) is 137 Å². The van der Waals surface area contributed by atoms with Gasteiger partial charge in [0.25, 0.3) is 0 Å². The van der Waals surface area contributed by atoms with Crippen LogP contribution < -0.4 is 15.7 Å². The Kier molecular flexibility index (Phi) is 12.0. The molecule has 7 aromatic rings. The van der Waals surface area contributed by atoms with Gasteiger partial charge in [-0.3, -0.25) is 13.6 Å². The molecule has 0 saturated carbocycles. The van der Waals surface area contributed by atoms with Gasteiger partial charge in [-0.2, -0.15) is 13.6 Å². The Labute approximate surface area is 347 Å². The number of rotatable bonds is 17. The van der Waals surface area contributed by atoms with Gasteiger partial charge in [-0.05, 0) is 63.3 Å². The van der Waals surface area contributed by atoms with Gasteiger partial charge in [0.2, 0.25) is 0 Å². The van der Waals surface area contributed by atoms with E-state index >= 15 is 0 Å². The van der Waals surface area contributed by atoms with Crippen molar-refractivity contribution in [2.45, 2.75) is 29.8 Å². The number of nitrogens with zero attached hydrogens (tertiary/aromatic N) is 2. The van der Waals surface area contributed by atoms with Crippen LogP contribution in [0.1, 0.15) is 12.6 Å². The van der Waals surface area contributed by atoms with Gasteiger partial charge in [-0.1, -0.05) is 84.9 Å². The first-order valence-corrected chi connectivity index (χ1v) is 24.6. The SMILES string of the molecule is O=c1nc(Nc2ccccc2)ccn1[C@H]1C[C@@H](Oc2ccccc2)[C@@H](COP(=O)(O)OP(=O)(O)OP(=O)(O)OCCS(=O)(=O)c2ccc3ccc4cccc5ccc2c3c45)O1. The van der Waals surface area contributed by atoms with Gasteiger partial charge in [-0.25, -0.2) is 26.9 Å². The van der Waals surface area contributed by atoms with E-state index in [1.54, 1.807) is 66.7 Å². The number of nitrogens with one attached hydrogen (secondary N) is 1. The molecule has 6 atom stereocenters. The van der Waals surface area contributed by atoms with E-state index < -0.39 is 76.4 Å². The van der Waals surface area contributed by atoms with Gasteiger partial charge in [0.15, 0.2) is 9.84 Å². The molecule has 61 heavy (non-hydrogen) atoms. The standard InChI is InChI=1S/C39H36N3O15P3S/c43-39-41-35(40-29-10-3-1-4-11-29)20-21-42(39)36-24-32(54-30-12-5-2-6-13-30)33(55-36)25-53-59(46,47)57-60(48,49)56-58(44,45)52-22-23-61(50,51)34-19-17-28-15-14-26-8-7-9-27-16-18-31(34)38(28)37(26)27/h1-21,32-33,36H,22-25H2,(H,44,45)(H,46,47)(H,48,49)(H,40,41,43)/t32-,33-,36-/m1/s1. The largest absolute Gasteiger partial charge is 0.490 e. The van der Waals surface area contributed by atoms with Crippen LogP contribution in [0.3, 0.4) is 0 Å². The molecule has 4 N–H and O–H groups in total. The fourth-order valence-corrected chi connectivity index (χ4v) is 12.0. The average Bonchev–Trinajstić information content (AvgIpc) is 3.60. The maximum Gasteiger partial charge on any atom is 0.490 e. The summed E-state index contributed by atoms with van der Waals surface area (Å²) in [4.78, 5) is 47.9. The quantitative estimate of drug-likeness (QED) is 0.0511. The Morgan fingerprint density at radius 3 is 2.05 bits per heavy atom. The first kappa shape index (κ1) is 42.8. The van der Waals surface area contributed by atoms with Crippen LogP contribution in [-0.4, -0.2) is 63.8 Å². The van der Waals surface area contributed by atoms with Crippen molar-refractivity contribution in [3.63, 3.8) is 0 Å². The molecule has 1 aliphatic heterocycles. The molecular formula is C39H36N3O15P3S. The fourth-order valence-electron chi connectivity index (χ4n) is 7.03. The Morgan fingerprint density at radius 2 is 1.36 bits per heavy atom. The van der Waals surface area contributed by atoms with Crippen molar-refractivity contribution in [1.82, 2.24) is 9.55 Å². The molecule has 0 spiro atoms. The van der Waals surface area contributed by atoms with E-state index in [4.69, 9.17) is 14.0 Å². The molecule has 22 heteroatoms. The van der Waals surface area contributed by atoms with Gasteiger partial charge in [0.1, 0.15) is 30.0 Å². The Balaban J connectivity index is 0.893. The Bertz CT molecular complexity index is 3020. The summed E-state index contributed by atoms with van der Waals surface area (Å²) in [5, 5.41) is 7.65. The second-order valence-electron chi connectivity index (χ2n) is 13.8. The minimum Gasteiger partial charge on any atom is -0.487 e. The Morgan fingerprint density at radius 1 is 0.738 bits per heavy atom. The summed E-state index contributed by atoms with van der Waals surface area (Å²) < 4.78 is 96.6. The third-order valence-corrected chi connectivity index (χ3v) is 15.7. The summed E-state index contributed by atoms with van der Waals surface area (Å²) in [5.74, 6) is -0.206. The molecule has 1 aliphatic rings. The molecular weight excluding hydrogens is 875 g/mol.